The molecule has 2 saturated carbocycles. The highest BCUT2D eigenvalue weighted by Crippen LogP contribution is 2.64. The Morgan fingerprint density at radius 3 is 2.10 bits per heavy atom. The molecule has 1 aromatic rings. The van der Waals surface area contributed by atoms with Crippen molar-refractivity contribution in [2.75, 3.05) is 13.7 Å². The molecule has 2 bridgehead atoms. The predicted octanol–water partition coefficient (Wildman–Crippen LogP) is 3.72. The van der Waals surface area contributed by atoms with E-state index in [1.807, 2.05) is 0 Å². The van der Waals surface area contributed by atoms with Crippen LogP contribution in [-0.4, -0.2) is 124 Å². The van der Waals surface area contributed by atoms with Crippen LogP contribution in [0.4, 0.5) is 9.59 Å². The molecule has 4 N–H and O–H groups in total. The second-order valence-corrected chi connectivity index (χ2v) is 19.1. The first-order chi connectivity index (χ1) is 27.6. The van der Waals surface area contributed by atoms with Crippen LogP contribution >= 0.6 is 0 Å². The fraction of sp³-hybridized carbons (Fsp3) is 0.674. The molecule has 1 aliphatic heterocycles. The lowest BCUT2D eigenvalue weighted by Gasteiger charge is -2.67. The number of aliphatic hydroxyl groups is 3. The molecule has 0 spiro atoms. The van der Waals surface area contributed by atoms with Crippen molar-refractivity contribution in [2.45, 2.75) is 148 Å². The number of methoxy groups -OCH3 is 1. The number of amides is 1. The molecule has 60 heavy (non-hydrogen) atoms. The SMILES string of the molecule is COC(=O)OC12COC1CC(O)C1(C)C(=O)C(OC(C)=O)C3=C(C)C(OC(=O)C(O)C(NC(=O)OC(C)(C)C)C(C)(C)C)CC(O)(C(OC(=O)c4ccccc4)C21)C3(C)C. The van der Waals surface area contributed by atoms with Gasteiger partial charge in [-0.3, -0.25) is 9.59 Å². The summed E-state index contributed by atoms with van der Waals surface area (Å²) in [5.74, 6) is -5.62. The molecule has 1 heterocycles. The Morgan fingerprint density at radius 2 is 1.58 bits per heavy atom. The number of nitrogens with one attached hydrogen (secondary N) is 1. The molecule has 1 aromatic carbocycles. The normalized spacial score (nSPS) is 33.1. The zero-order chi connectivity index (χ0) is 45.1. The highest BCUT2D eigenvalue weighted by Gasteiger charge is 2.78. The highest BCUT2D eigenvalue weighted by atomic mass is 16.8. The fourth-order valence-corrected chi connectivity index (χ4v) is 9.50. The Balaban J connectivity index is 1.74. The van der Waals surface area contributed by atoms with E-state index in [4.69, 9.17) is 33.2 Å². The Labute approximate surface area is 349 Å². The lowest BCUT2D eigenvalue weighted by Crippen LogP contribution is -2.82. The molecule has 11 unspecified atom stereocenters. The number of rotatable bonds is 8. The third-order valence-corrected chi connectivity index (χ3v) is 12.7. The second-order valence-electron chi connectivity index (χ2n) is 19.1. The summed E-state index contributed by atoms with van der Waals surface area (Å²) in [5.41, 5.74) is -9.78. The largest absolute Gasteiger partial charge is 0.508 e. The molecule has 3 aliphatic carbocycles. The first-order valence-corrected chi connectivity index (χ1v) is 19.9. The fourth-order valence-electron chi connectivity index (χ4n) is 9.50. The number of carbonyl (C=O) groups excluding carboxylic acids is 6. The molecule has 4 aliphatic rings. The number of Topliss-reactive ketones (excluding diaryl/α,β-unsaturated/α-hetero) is 1. The highest BCUT2D eigenvalue weighted by molar-refractivity contribution is 5.95. The number of ketones is 1. The second kappa shape index (κ2) is 16.0. The van der Waals surface area contributed by atoms with Gasteiger partial charge in [0.15, 0.2) is 23.6 Å². The number of fused-ring (bicyclic) bond motifs is 5. The molecule has 11 atom stereocenters. The summed E-state index contributed by atoms with van der Waals surface area (Å²) in [4.78, 5) is 82.7. The summed E-state index contributed by atoms with van der Waals surface area (Å²) in [6, 6.07) is 6.50. The van der Waals surface area contributed by atoms with Crippen LogP contribution in [0.5, 0.6) is 0 Å². The van der Waals surface area contributed by atoms with Crippen LogP contribution in [-0.2, 0) is 47.5 Å². The van der Waals surface area contributed by atoms with Crippen molar-refractivity contribution >= 4 is 35.9 Å². The van der Waals surface area contributed by atoms with Crippen molar-refractivity contribution in [2.24, 2.45) is 22.2 Å². The Bertz CT molecular complexity index is 1910. The van der Waals surface area contributed by atoms with Crippen LogP contribution in [0.2, 0.25) is 0 Å². The van der Waals surface area contributed by atoms with E-state index in [0.29, 0.717) is 0 Å². The first-order valence-electron chi connectivity index (χ1n) is 19.9. The smallest absolute Gasteiger partial charge is 0.456 e. The maximum Gasteiger partial charge on any atom is 0.508 e. The average molecular weight is 846 g/mol. The van der Waals surface area contributed by atoms with E-state index in [9.17, 15) is 39.3 Å². The number of hydrogen-bond acceptors (Lipinski definition) is 16. The van der Waals surface area contributed by atoms with Crippen LogP contribution < -0.4 is 5.32 Å². The maximum atomic E-state index is 15.4. The van der Waals surface area contributed by atoms with Crippen LogP contribution in [0.1, 0.15) is 99.4 Å². The minimum absolute atomic E-state index is 0.0226. The molecule has 3 fully saturated rings. The van der Waals surface area contributed by atoms with E-state index in [0.717, 1.165) is 14.0 Å². The number of aliphatic hydroxyl groups excluding tert-OH is 2. The van der Waals surface area contributed by atoms with Gasteiger partial charge in [-0.2, -0.15) is 0 Å². The zero-order valence-electron chi connectivity index (χ0n) is 36.3. The molecule has 1 amide bonds. The molecule has 0 aromatic heterocycles. The van der Waals surface area contributed by atoms with Gasteiger partial charge < -0.3 is 53.8 Å². The summed E-state index contributed by atoms with van der Waals surface area (Å²) < 4.78 is 40.3. The Morgan fingerprint density at radius 1 is 0.967 bits per heavy atom. The molecule has 5 rings (SSSR count). The van der Waals surface area contributed by atoms with Crippen molar-refractivity contribution < 1.29 is 77.2 Å². The molecule has 1 saturated heterocycles. The number of carbonyl (C=O) groups is 6. The molecule has 0 radical (unpaired) electrons. The van der Waals surface area contributed by atoms with Gasteiger partial charge in [-0.15, -0.1) is 0 Å². The van der Waals surface area contributed by atoms with Gasteiger partial charge in [0, 0.05) is 25.2 Å². The predicted molar refractivity (Wildman–Crippen MR) is 209 cm³/mol. The minimum Gasteiger partial charge on any atom is -0.456 e. The maximum absolute atomic E-state index is 15.4. The molecule has 17 heteroatoms. The van der Waals surface area contributed by atoms with Gasteiger partial charge in [-0.25, -0.2) is 19.2 Å². The van der Waals surface area contributed by atoms with E-state index in [2.05, 4.69) is 5.32 Å². The van der Waals surface area contributed by atoms with Crippen LogP contribution in [0.25, 0.3) is 0 Å². The summed E-state index contributed by atoms with van der Waals surface area (Å²) >= 11 is 0. The van der Waals surface area contributed by atoms with E-state index in [1.165, 1.54) is 39.8 Å². The van der Waals surface area contributed by atoms with Crippen molar-refractivity contribution in [3.8, 4) is 0 Å². The van der Waals surface area contributed by atoms with E-state index < -0.39 is 124 Å². The van der Waals surface area contributed by atoms with Gasteiger partial charge in [0.2, 0.25) is 0 Å². The third-order valence-electron chi connectivity index (χ3n) is 12.7. The van der Waals surface area contributed by atoms with Crippen molar-refractivity contribution in [3.05, 3.63) is 47.0 Å². The first kappa shape index (κ1) is 46.5. The standard InChI is InChI=1S/C43H59NO16/c1-21-24(57-35(50)28(47)31(38(3,4)5)44-36(51)59-39(6,7)8)19-43(53)33(58-34(49)23-16-14-13-15-17-23)30-41(11,32(48)29(56-22(2)45)27(21)40(43,9)10)25(46)18-26-42(30,20-55-26)60-37(52)54-12/h13-17,24-26,28-31,33,46-47,53H,18-20H2,1-12H3,(H,44,51). The van der Waals surface area contributed by atoms with E-state index in [-0.39, 0.29) is 29.7 Å². The number of alkyl carbamates (subject to hydrolysis) is 1. The van der Waals surface area contributed by atoms with Gasteiger partial charge >= 0.3 is 30.2 Å². The van der Waals surface area contributed by atoms with E-state index in [1.54, 1.807) is 59.7 Å². The summed E-state index contributed by atoms with van der Waals surface area (Å²) in [5, 5.41) is 39.8. The lowest BCUT2D eigenvalue weighted by atomic mass is 9.44. The van der Waals surface area contributed by atoms with Gasteiger partial charge in [0.05, 0.1) is 42.8 Å². The van der Waals surface area contributed by atoms with E-state index >= 15 is 4.79 Å². The average Bonchev–Trinajstić information content (AvgIpc) is 3.13. The molecule has 332 valence electrons. The van der Waals surface area contributed by atoms with Crippen molar-refractivity contribution in [1.29, 1.82) is 0 Å². The number of benzene rings is 1. The molecular formula is C43H59NO16. The summed E-state index contributed by atoms with van der Waals surface area (Å²) in [7, 11) is 1.07. The quantitative estimate of drug-likeness (QED) is 0.166. The van der Waals surface area contributed by atoms with Crippen molar-refractivity contribution in [3.63, 3.8) is 0 Å². The zero-order valence-corrected chi connectivity index (χ0v) is 36.3. The van der Waals surface area contributed by atoms with Crippen LogP contribution in [0.3, 0.4) is 0 Å². The van der Waals surface area contributed by atoms with Gasteiger partial charge in [-0.05, 0) is 63.3 Å². The van der Waals surface area contributed by atoms with Crippen LogP contribution in [0, 0.1) is 22.2 Å². The van der Waals surface area contributed by atoms with Gasteiger partial charge in [0.25, 0.3) is 0 Å². The Hall–Kier alpha value is -4.58. The summed E-state index contributed by atoms with van der Waals surface area (Å²) in [6.45, 7) is 16.6. The molecule has 17 nitrogen and oxygen atoms in total. The minimum atomic E-state index is -2.42. The van der Waals surface area contributed by atoms with Gasteiger partial charge in [0.1, 0.15) is 29.5 Å². The molecular weight excluding hydrogens is 786 g/mol. The monoisotopic (exact) mass is 845 g/mol. The van der Waals surface area contributed by atoms with Crippen LogP contribution in [0.15, 0.2) is 41.5 Å². The Kier molecular flexibility index (Phi) is 12.4. The topological polar surface area (TPSA) is 240 Å². The summed E-state index contributed by atoms with van der Waals surface area (Å²) in [6.07, 6.45) is -12.8. The number of esters is 3. The third kappa shape index (κ3) is 8.00. The van der Waals surface area contributed by atoms with Gasteiger partial charge in [-0.1, -0.05) is 52.8 Å². The van der Waals surface area contributed by atoms with Crippen molar-refractivity contribution in [1.82, 2.24) is 5.32 Å². The number of ether oxygens (including phenoxy) is 7. The lowest BCUT2D eigenvalue weighted by molar-refractivity contribution is -0.344. The number of hydrogen-bond donors (Lipinski definition) is 4.